The first kappa shape index (κ1) is 11.7. The molecule has 0 amide bonds. The van der Waals surface area contributed by atoms with E-state index in [9.17, 15) is 0 Å². The summed E-state index contributed by atoms with van der Waals surface area (Å²) in [5.74, 6) is 0.722. The highest BCUT2D eigenvalue weighted by Gasteiger charge is 2.11. The van der Waals surface area contributed by atoms with Crippen molar-refractivity contribution in [3.8, 4) is 17.5 Å². The number of halogens is 1. The predicted molar refractivity (Wildman–Crippen MR) is 72.9 cm³/mol. The Morgan fingerprint density at radius 1 is 1.21 bits per heavy atom. The fraction of sp³-hybridized carbons (Fsp3) is 0.0714. The van der Waals surface area contributed by atoms with E-state index in [1.54, 1.807) is 18.3 Å². The van der Waals surface area contributed by atoms with Crippen LogP contribution in [0.1, 0.15) is 11.1 Å². The van der Waals surface area contributed by atoms with Crippen molar-refractivity contribution in [3.63, 3.8) is 0 Å². The molecule has 0 unspecified atom stereocenters. The molecule has 2 aromatic heterocycles. The minimum absolute atomic E-state index is 0.564. The summed E-state index contributed by atoms with van der Waals surface area (Å²) in [4.78, 5) is 0. The second-order valence-electron chi connectivity index (χ2n) is 4.24. The summed E-state index contributed by atoms with van der Waals surface area (Å²) in [6.07, 6.45) is 1.80. The van der Waals surface area contributed by atoms with Crippen LogP contribution in [0.15, 0.2) is 36.5 Å². The molecule has 0 saturated heterocycles. The van der Waals surface area contributed by atoms with Crippen molar-refractivity contribution >= 4 is 17.2 Å². The molecule has 5 heteroatoms. The van der Waals surface area contributed by atoms with Gasteiger partial charge in [-0.25, -0.2) is 0 Å². The van der Waals surface area contributed by atoms with Crippen LogP contribution in [0.25, 0.3) is 17.0 Å². The van der Waals surface area contributed by atoms with E-state index in [-0.39, 0.29) is 0 Å². The summed E-state index contributed by atoms with van der Waals surface area (Å²) >= 11 is 6.03. The average Bonchev–Trinajstić information content (AvgIpc) is 2.84. The standard InChI is InChI=1S/C14H9ClN4/c1-9-2-3-11(15)7-12(9)14-18-17-13-6-10(8-16)4-5-19(13)14/h2-7H,1H3. The van der Waals surface area contributed by atoms with Gasteiger partial charge in [-0.1, -0.05) is 17.7 Å². The SMILES string of the molecule is Cc1ccc(Cl)cc1-c1nnc2cc(C#N)ccn12. The highest BCUT2D eigenvalue weighted by molar-refractivity contribution is 6.30. The lowest BCUT2D eigenvalue weighted by Gasteiger charge is -2.04. The van der Waals surface area contributed by atoms with Crippen LogP contribution in [0, 0.1) is 18.3 Å². The molecule has 19 heavy (non-hydrogen) atoms. The third-order valence-electron chi connectivity index (χ3n) is 2.98. The number of benzene rings is 1. The van der Waals surface area contributed by atoms with E-state index in [4.69, 9.17) is 16.9 Å². The van der Waals surface area contributed by atoms with E-state index in [2.05, 4.69) is 16.3 Å². The van der Waals surface area contributed by atoms with Crippen molar-refractivity contribution in [2.24, 2.45) is 0 Å². The second-order valence-corrected chi connectivity index (χ2v) is 4.67. The quantitative estimate of drug-likeness (QED) is 0.681. The Kier molecular flexibility index (Phi) is 2.69. The number of nitriles is 1. The number of hydrogen-bond acceptors (Lipinski definition) is 3. The fourth-order valence-electron chi connectivity index (χ4n) is 1.98. The van der Waals surface area contributed by atoms with E-state index >= 15 is 0 Å². The summed E-state index contributed by atoms with van der Waals surface area (Å²) in [5, 5.41) is 17.8. The predicted octanol–water partition coefficient (Wildman–Crippen LogP) is 3.23. The third-order valence-corrected chi connectivity index (χ3v) is 3.21. The Bertz CT molecular complexity index is 814. The van der Waals surface area contributed by atoms with Gasteiger partial charge >= 0.3 is 0 Å². The summed E-state index contributed by atoms with van der Waals surface area (Å²) in [6, 6.07) is 11.2. The van der Waals surface area contributed by atoms with Gasteiger partial charge in [-0.05, 0) is 30.7 Å². The molecule has 0 saturated carbocycles. The van der Waals surface area contributed by atoms with Crippen molar-refractivity contribution in [2.45, 2.75) is 6.92 Å². The molecule has 0 fully saturated rings. The molecule has 2 heterocycles. The average molecular weight is 269 g/mol. The largest absolute Gasteiger partial charge is 0.282 e. The van der Waals surface area contributed by atoms with Crippen LogP contribution in [0.2, 0.25) is 5.02 Å². The molecule has 0 aliphatic heterocycles. The van der Waals surface area contributed by atoms with Gasteiger partial charge < -0.3 is 0 Å². The molecular weight excluding hydrogens is 260 g/mol. The maximum absolute atomic E-state index is 8.88. The van der Waals surface area contributed by atoms with E-state index in [0.717, 1.165) is 17.0 Å². The van der Waals surface area contributed by atoms with Crippen molar-refractivity contribution in [3.05, 3.63) is 52.7 Å². The zero-order chi connectivity index (χ0) is 13.4. The van der Waals surface area contributed by atoms with Crippen LogP contribution in [0.3, 0.4) is 0 Å². The van der Waals surface area contributed by atoms with Crippen LogP contribution in [-0.4, -0.2) is 14.6 Å². The topological polar surface area (TPSA) is 54.0 Å². The smallest absolute Gasteiger partial charge is 0.168 e. The number of hydrogen-bond donors (Lipinski definition) is 0. The molecule has 92 valence electrons. The van der Waals surface area contributed by atoms with Gasteiger partial charge in [-0.3, -0.25) is 4.40 Å². The highest BCUT2D eigenvalue weighted by Crippen LogP contribution is 2.25. The van der Waals surface area contributed by atoms with Crippen LogP contribution < -0.4 is 0 Å². The molecule has 0 atom stereocenters. The normalized spacial score (nSPS) is 10.6. The van der Waals surface area contributed by atoms with Gasteiger partial charge in [-0.15, -0.1) is 10.2 Å². The number of rotatable bonds is 1. The molecule has 3 rings (SSSR count). The first-order valence-electron chi connectivity index (χ1n) is 5.70. The summed E-state index contributed by atoms with van der Waals surface area (Å²) in [5.41, 5.74) is 3.22. The van der Waals surface area contributed by atoms with Gasteiger partial charge in [-0.2, -0.15) is 5.26 Å². The fourth-order valence-corrected chi connectivity index (χ4v) is 2.15. The monoisotopic (exact) mass is 268 g/mol. The Morgan fingerprint density at radius 3 is 2.84 bits per heavy atom. The number of nitrogens with zero attached hydrogens (tertiary/aromatic N) is 4. The maximum atomic E-state index is 8.88. The van der Waals surface area contributed by atoms with Crippen molar-refractivity contribution in [1.82, 2.24) is 14.6 Å². The number of fused-ring (bicyclic) bond motifs is 1. The van der Waals surface area contributed by atoms with E-state index < -0.39 is 0 Å². The van der Waals surface area contributed by atoms with Crippen molar-refractivity contribution in [2.75, 3.05) is 0 Å². The Balaban J connectivity index is 2.26. The maximum Gasteiger partial charge on any atom is 0.168 e. The lowest BCUT2D eigenvalue weighted by atomic mass is 10.1. The zero-order valence-corrected chi connectivity index (χ0v) is 10.9. The summed E-state index contributed by atoms with van der Waals surface area (Å²) < 4.78 is 1.85. The number of pyridine rings is 1. The summed E-state index contributed by atoms with van der Waals surface area (Å²) in [7, 11) is 0. The molecule has 0 bridgehead atoms. The molecule has 0 aliphatic rings. The van der Waals surface area contributed by atoms with Gasteiger partial charge in [0.2, 0.25) is 0 Å². The summed E-state index contributed by atoms with van der Waals surface area (Å²) in [6.45, 7) is 2.00. The van der Waals surface area contributed by atoms with Gasteiger partial charge in [0.15, 0.2) is 11.5 Å². The molecule has 0 N–H and O–H groups in total. The Labute approximate surface area is 114 Å². The number of aromatic nitrogens is 3. The van der Waals surface area contributed by atoms with Gasteiger partial charge in [0.25, 0.3) is 0 Å². The van der Waals surface area contributed by atoms with Crippen LogP contribution in [0.5, 0.6) is 0 Å². The molecular formula is C14H9ClN4. The van der Waals surface area contributed by atoms with Crippen LogP contribution in [0.4, 0.5) is 0 Å². The molecule has 1 aromatic carbocycles. The molecule has 0 spiro atoms. The number of aryl methyl sites for hydroxylation is 1. The van der Waals surface area contributed by atoms with Gasteiger partial charge in [0, 0.05) is 22.8 Å². The van der Waals surface area contributed by atoms with Crippen LogP contribution in [-0.2, 0) is 0 Å². The zero-order valence-electron chi connectivity index (χ0n) is 10.1. The van der Waals surface area contributed by atoms with E-state index in [1.807, 2.05) is 29.5 Å². The van der Waals surface area contributed by atoms with Crippen LogP contribution >= 0.6 is 11.6 Å². The van der Waals surface area contributed by atoms with E-state index in [0.29, 0.717) is 16.2 Å². The molecule has 4 nitrogen and oxygen atoms in total. The van der Waals surface area contributed by atoms with E-state index in [1.165, 1.54) is 0 Å². The van der Waals surface area contributed by atoms with Gasteiger partial charge in [0.05, 0.1) is 11.6 Å². The first-order chi connectivity index (χ1) is 9.19. The first-order valence-corrected chi connectivity index (χ1v) is 6.08. The minimum atomic E-state index is 0.564. The lowest BCUT2D eigenvalue weighted by Crippen LogP contribution is -1.92. The lowest BCUT2D eigenvalue weighted by molar-refractivity contribution is 1.11. The van der Waals surface area contributed by atoms with Crippen molar-refractivity contribution in [1.29, 1.82) is 5.26 Å². The second kappa shape index (κ2) is 4.38. The Hall–Kier alpha value is -2.38. The Morgan fingerprint density at radius 2 is 2.05 bits per heavy atom. The van der Waals surface area contributed by atoms with Crippen molar-refractivity contribution < 1.29 is 0 Å². The third kappa shape index (κ3) is 1.94. The minimum Gasteiger partial charge on any atom is -0.282 e. The molecule has 3 aromatic rings. The highest BCUT2D eigenvalue weighted by atomic mass is 35.5. The molecule has 0 aliphatic carbocycles. The molecule has 0 radical (unpaired) electrons. The van der Waals surface area contributed by atoms with Gasteiger partial charge in [0.1, 0.15) is 0 Å².